The summed E-state index contributed by atoms with van der Waals surface area (Å²) in [6, 6.07) is 0. The Morgan fingerprint density at radius 2 is 2.44 bits per heavy atom. The van der Waals surface area contributed by atoms with Crippen LogP contribution in [0.4, 0.5) is 0 Å². The zero-order valence-electron chi connectivity index (χ0n) is 6.02. The Bertz CT molecular complexity index is 63.9. The lowest BCUT2D eigenvalue weighted by atomic mass is 10.7. The topological polar surface area (TPSA) is 12.0 Å². The summed E-state index contributed by atoms with van der Waals surface area (Å²) in [5.41, 5.74) is 0. The van der Waals surface area contributed by atoms with Gasteiger partial charge in [-0.05, 0) is 6.54 Å². The van der Waals surface area contributed by atoms with Gasteiger partial charge in [0.05, 0.1) is 0 Å². The van der Waals surface area contributed by atoms with Crippen molar-refractivity contribution in [2.45, 2.75) is 6.92 Å². The first-order chi connectivity index (χ1) is 4.41. The van der Waals surface area contributed by atoms with Crippen molar-refractivity contribution in [3.8, 4) is 0 Å². The van der Waals surface area contributed by atoms with Crippen molar-refractivity contribution in [1.29, 1.82) is 0 Å². The van der Waals surface area contributed by atoms with E-state index < -0.39 is 0 Å². The fraction of sp³-hybridized carbons (Fsp3) is 0.714. The molecule has 0 bridgehead atoms. The first kappa shape index (κ1) is 9.05. The molecular formula is C7H15NS. The van der Waals surface area contributed by atoms with Gasteiger partial charge in [0.25, 0.3) is 0 Å². The zero-order chi connectivity index (χ0) is 6.95. The molecule has 0 aliphatic heterocycles. The van der Waals surface area contributed by atoms with Gasteiger partial charge in [-0.2, -0.15) is 11.8 Å². The molecule has 0 spiro atoms. The molecule has 0 rings (SSSR count). The number of rotatable bonds is 6. The lowest BCUT2D eigenvalue weighted by Crippen LogP contribution is -2.15. The van der Waals surface area contributed by atoms with Gasteiger partial charge in [0, 0.05) is 18.1 Å². The van der Waals surface area contributed by atoms with Crippen LogP contribution in [0.5, 0.6) is 0 Å². The largest absolute Gasteiger partial charge is 0.316 e. The van der Waals surface area contributed by atoms with Crippen LogP contribution in [0.15, 0.2) is 12.7 Å². The van der Waals surface area contributed by atoms with Crippen molar-refractivity contribution in [3.63, 3.8) is 0 Å². The van der Waals surface area contributed by atoms with E-state index in [9.17, 15) is 0 Å². The summed E-state index contributed by atoms with van der Waals surface area (Å²) in [7, 11) is 0. The van der Waals surface area contributed by atoms with E-state index in [0.29, 0.717) is 0 Å². The van der Waals surface area contributed by atoms with Crippen molar-refractivity contribution in [3.05, 3.63) is 12.7 Å². The summed E-state index contributed by atoms with van der Waals surface area (Å²) in [4.78, 5) is 0. The smallest absolute Gasteiger partial charge is 0.0111 e. The molecule has 9 heavy (non-hydrogen) atoms. The number of hydrogen-bond donors (Lipinski definition) is 1. The highest BCUT2D eigenvalue weighted by Gasteiger charge is 1.82. The van der Waals surface area contributed by atoms with Crippen molar-refractivity contribution >= 4 is 11.8 Å². The molecule has 0 aliphatic carbocycles. The van der Waals surface area contributed by atoms with Gasteiger partial charge in [-0.3, -0.25) is 0 Å². The molecule has 0 amide bonds. The van der Waals surface area contributed by atoms with Gasteiger partial charge in [0.1, 0.15) is 0 Å². The quantitative estimate of drug-likeness (QED) is 0.449. The summed E-state index contributed by atoms with van der Waals surface area (Å²) < 4.78 is 0. The first-order valence-electron chi connectivity index (χ1n) is 3.31. The van der Waals surface area contributed by atoms with Crippen LogP contribution < -0.4 is 5.32 Å². The summed E-state index contributed by atoms with van der Waals surface area (Å²) in [5, 5.41) is 3.25. The van der Waals surface area contributed by atoms with Crippen LogP contribution in [0.3, 0.4) is 0 Å². The third kappa shape index (κ3) is 8.05. The van der Waals surface area contributed by atoms with Gasteiger partial charge in [0.2, 0.25) is 0 Å². The molecule has 0 saturated carbocycles. The van der Waals surface area contributed by atoms with Crippen LogP contribution in [0.25, 0.3) is 0 Å². The minimum Gasteiger partial charge on any atom is -0.316 e. The van der Waals surface area contributed by atoms with Gasteiger partial charge in [-0.25, -0.2) is 0 Å². The van der Waals surface area contributed by atoms with Crippen LogP contribution in [-0.2, 0) is 0 Å². The van der Waals surface area contributed by atoms with E-state index in [1.165, 1.54) is 5.75 Å². The Morgan fingerprint density at radius 3 is 3.00 bits per heavy atom. The van der Waals surface area contributed by atoms with E-state index in [1.807, 2.05) is 17.8 Å². The Balaban J connectivity index is 2.66. The standard InChI is InChI=1S/C7H15NS/c1-3-6-9-7-5-8-4-2/h3,8H,1,4-7H2,2H3. The average molecular weight is 145 g/mol. The molecule has 2 heteroatoms. The molecule has 54 valence electrons. The molecule has 1 N–H and O–H groups in total. The molecule has 0 saturated heterocycles. The van der Waals surface area contributed by atoms with Crippen LogP contribution in [0.2, 0.25) is 0 Å². The number of thioether (sulfide) groups is 1. The minimum absolute atomic E-state index is 1.07. The fourth-order valence-corrected chi connectivity index (χ4v) is 1.11. The lowest BCUT2D eigenvalue weighted by molar-refractivity contribution is 0.768. The average Bonchev–Trinajstić information content (AvgIpc) is 1.89. The maximum atomic E-state index is 3.64. The lowest BCUT2D eigenvalue weighted by Gasteiger charge is -1.97. The second-order valence-corrected chi connectivity index (χ2v) is 2.87. The minimum atomic E-state index is 1.07. The third-order valence-corrected chi connectivity index (χ3v) is 1.87. The Morgan fingerprint density at radius 1 is 1.67 bits per heavy atom. The molecule has 0 heterocycles. The van der Waals surface area contributed by atoms with E-state index in [-0.39, 0.29) is 0 Å². The van der Waals surface area contributed by atoms with E-state index in [1.54, 1.807) is 0 Å². The predicted molar refractivity (Wildman–Crippen MR) is 46.1 cm³/mol. The van der Waals surface area contributed by atoms with Crippen molar-refractivity contribution in [2.75, 3.05) is 24.6 Å². The van der Waals surface area contributed by atoms with Gasteiger partial charge < -0.3 is 5.32 Å². The van der Waals surface area contributed by atoms with Gasteiger partial charge >= 0.3 is 0 Å². The molecule has 0 aromatic heterocycles. The van der Waals surface area contributed by atoms with Gasteiger partial charge in [-0.15, -0.1) is 6.58 Å². The molecular weight excluding hydrogens is 130 g/mol. The van der Waals surface area contributed by atoms with E-state index in [2.05, 4.69) is 18.8 Å². The summed E-state index contributed by atoms with van der Waals surface area (Å²) in [6.45, 7) is 7.96. The second kappa shape index (κ2) is 8.05. The number of nitrogens with one attached hydrogen (secondary N) is 1. The summed E-state index contributed by atoms with van der Waals surface area (Å²) in [6.07, 6.45) is 1.94. The van der Waals surface area contributed by atoms with Gasteiger partial charge in [-0.1, -0.05) is 13.0 Å². The maximum absolute atomic E-state index is 3.64. The summed E-state index contributed by atoms with van der Waals surface area (Å²) >= 11 is 1.91. The third-order valence-electron chi connectivity index (χ3n) is 0.909. The van der Waals surface area contributed by atoms with Crippen LogP contribution >= 0.6 is 11.8 Å². The fourth-order valence-electron chi connectivity index (χ4n) is 0.488. The highest BCUT2D eigenvalue weighted by molar-refractivity contribution is 7.99. The molecule has 1 nitrogen and oxygen atoms in total. The highest BCUT2D eigenvalue weighted by atomic mass is 32.2. The monoisotopic (exact) mass is 145 g/mol. The Labute approximate surface area is 61.9 Å². The van der Waals surface area contributed by atoms with Crippen LogP contribution in [0, 0.1) is 0 Å². The SMILES string of the molecule is C=CCSCCNCC. The van der Waals surface area contributed by atoms with E-state index in [0.717, 1.165) is 18.8 Å². The highest BCUT2D eigenvalue weighted by Crippen LogP contribution is 1.96. The van der Waals surface area contributed by atoms with E-state index >= 15 is 0 Å². The van der Waals surface area contributed by atoms with Gasteiger partial charge in [0.15, 0.2) is 0 Å². The van der Waals surface area contributed by atoms with E-state index in [4.69, 9.17) is 0 Å². The zero-order valence-corrected chi connectivity index (χ0v) is 6.84. The first-order valence-corrected chi connectivity index (χ1v) is 4.46. The predicted octanol–water partition coefficient (Wildman–Crippen LogP) is 1.52. The molecule has 0 aromatic carbocycles. The molecule has 0 radical (unpaired) electrons. The molecule has 0 aromatic rings. The van der Waals surface area contributed by atoms with Crippen LogP contribution in [0.1, 0.15) is 6.92 Å². The molecule has 0 aliphatic rings. The molecule has 0 unspecified atom stereocenters. The summed E-state index contributed by atoms with van der Waals surface area (Å²) in [5.74, 6) is 2.27. The Kier molecular flexibility index (Phi) is 8.09. The van der Waals surface area contributed by atoms with Crippen molar-refractivity contribution in [2.24, 2.45) is 0 Å². The molecule has 0 fully saturated rings. The Hall–Kier alpha value is 0.0500. The normalized spacial score (nSPS) is 9.44. The maximum Gasteiger partial charge on any atom is 0.0111 e. The van der Waals surface area contributed by atoms with Crippen molar-refractivity contribution in [1.82, 2.24) is 5.32 Å². The number of hydrogen-bond acceptors (Lipinski definition) is 2. The van der Waals surface area contributed by atoms with Crippen LogP contribution in [-0.4, -0.2) is 24.6 Å². The second-order valence-electron chi connectivity index (χ2n) is 1.72. The van der Waals surface area contributed by atoms with Crippen molar-refractivity contribution < 1.29 is 0 Å². The molecule has 0 atom stereocenters.